The fourth-order valence-electron chi connectivity index (χ4n) is 2.44. The predicted molar refractivity (Wildman–Crippen MR) is 63.3 cm³/mol. The molecule has 3 heteroatoms. The number of hydrogen-bond donors (Lipinski definition) is 2. The predicted octanol–water partition coefficient (Wildman–Crippen LogP) is 1.77. The summed E-state index contributed by atoms with van der Waals surface area (Å²) in [6.07, 6.45) is 1.73. The Morgan fingerprint density at radius 2 is 2.25 bits per heavy atom. The van der Waals surface area contributed by atoms with Crippen molar-refractivity contribution in [1.29, 1.82) is 0 Å². The number of benzene rings is 1. The molecule has 0 saturated carbocycles. The highest BCUT2D eigenvalue weighted by Gasteiger charge is 2.25. The zero-order valence-corrected chi connectivity index (χ0v) is 9.63. The Balaban J connectivity index is 2.09. The fraction of sp³-hybridized carbons (Fsp3) is 0.538. The van der Waals surface area contributed by atoms with Gasteiger partial charge in [0.25, 0.3) is 0 Å². The average molecular weight is 221 g/mol. The van der Waals surface area contributed by atoms with Crippen LogP contribution in [0.2, 0.25) is 0 Å². The third-order valence-corrected chi connectivity index (χ3v) is 3.32. The highest BCUT2D eigenvalue weighted by molar-refractivity contribution is 5.29. The van der Waals surface area contributed by atoms with Gasteiger partial charge in [-0.15, -0.1) is 0 Å². The molecule has 1 aromatic rings. The lowest BCUT2D eigenvalue weighted by molar-refractivity contribution is 0.0590. The first-order chi connectivity index (χ1) is 7.66. The lowest BCUT2D eigenvalue weighted by Gasteiger charge is -2.32. The number of likely N-dealkylation sites (tertiary alicyclic amines) is 1. The van der Waals surface area contributed by atoms with Crippen LogP contribution < -0.4 is 0 Å². The Hall–Kier alpha value is -1.06. The minimum atomic E-state index is -0.463. The SMILES string of the molecule is CN1CCCC(C(O)c2cccc(O)c2)C1. The molecule has 0 bridgehead atoms. The molecule has 1 heterocycles. The van der Waals surface area contributed by atoms with Crippen molar-refractivity contribution in [3.05, 3.63) is 29.8 Å². The molecule has 2 N–H and O–H groups in total. The number of hydrogen-bond acceptors (Lipinski definition) is 3. The lowest BCUT2D eigenvalue weighted by Crippen LogP contribution is -2.35. The highest BCUT2D eigenvalue weighted by Crippen LogP contribution is 2.30. The molecule has 0 aromatic heterocycles. The van der Waals surface area contributed by atoms with Gasteiger partial charge in [-0.1, -0.05) is 12.1 Å². The molecule has 0 spiro atoms. The van der Waals surface area contributed by atoms with E-state index >= 15 is 0 Å². The second-order valence-electron chi connectivity index (χ2n) is 4.70. The fourth-order valence-corrected chi connectivity index (χ4v) is 2.44. The van der Waals surface area contributed by atoms with Gasteiger partial charge in [-0.3, -0.25) is 0 Å². The minimum absolute atomic E-state index is 0.223. The van der Waals surface area contributed by atoms with Crippen molar-refractivity contribution < 1.29 is 10.2 Å². The van der Waals surface area contributed by atoms with E-state index in [1.807, 2.05) is 6.07 Å². The highest BCUT2D eigenvalue weighted by atomic mass is 16.3. The molecular formula is C13H19NO2. The van der Waals surface area contributed by atoms with E-state index in [1.54, 1.807) is 18.2 Å². The quantitative estimate of drug-likeness (QED) is 0.800. The maximum atomic E-state index is 10.2. The molecule has 1 aromatic carbocycles. The minimum Gasteiger partial charge on any atom is -0.508 e. The van der Waals surface area contributed by atoms with Gasteiger partial charge in [0, 0.05) is 12.5 Å². The summed E-state index contributed by atoms with van der Waals surface area (Å²) < 4.78 is 0. The molecule has 88 valence electrons. The van der Waals surface area contributed by atoms with Crippen molar-refractivity contribution in [3.8, 4) is 5.75 Å². The molecule has 1 aliphatic heterocycles. The summed E-state index contributed by atoms with van der Waals surface area (Å²) in [5, 5.41) is 19.6. The van der Waals surface area contributed by atoms with Gasteiger partial charge < -0.3 is 15.1 Å². The number of rotatable bonds is 2. The summed E-state index contributed by atoms with van der Waals surface area (Å²) in [5.41, 5.74) is 0.820. The second kappa shape index (κ2) is 4.85. The van der Waals surface area contributed by atoms with Crippen LogP contribution in [0.4, 0.5) is 0 Å². The number of aliphatic hydroxyl groups is 1. The van der Waals surface area contributed by atoms with Gasteiger partial charge in [0.05, 0.1) is 6.10 Å². The Kier molecular flexibility index (Phi) is 3.46. The van der Waals surface area contributed by atoms with Gasteiger partial charge in [0.15, 0.2) is 0 Å². The Morgan fingerprint density at radius 3 is 2.94 bits per heavy atom. The van der Waals surface area contributed by atoms with Crippen molar-refractivity contribution in [1.82, 2.24) is 4.90 Å². The number of phenols is 1. The third kappa shape index (κ3) is 2.54. The molecule has 1 fully saturated rings. The Bertz CT molecular complexity index is 354. The zero-order valence-electron chi connectivity index (χ0n) is 9.63. The number of phenolic OH excluding ortho intramolecular Hbond substituents is 1. The Morgan fingerprint density at radius 1 is 1.44 bits per heavy atom. The van der Waals surface area contributed by atoms with Gasteiger partial charge in [0.1, 0.15) is 5.75 Å². The molecule has 1 saturated heterocycles. The van der Waals surface area contributed by atoms with Crippen molar-refractivity contribution >= 4 is 0 Å². The summed E-state index contributed by atoms with van der Waals surface area (Å²) in [4.78, 5) is 2.25. The monoisotopic (exact) mass is 221 g/mol. The van der Waals surface area contributed by atoms with E-state index in [0.717, 1.165) is 31.5 Å². The van der Waals surface area contributed by atoms with E-state index in [9.17, 15) is 10.2 Å². The largest absolute Gasteiger partial charge is 0.508 e. The van der Waals surface area contributed by atoms with Crippen molar-refractivity contribution in [2.45, 2.75) is 18.9 Å². The molecule has 1 aliphatic rings. The zero-order chi connectivity index (χ0) is 11.5. The van der Waals surface area contributed by atoms with E-state index in [2.05, 4.69) is 11.9 Å². The first kappa shape index (κ1) is 11.4. The number of aliphatic hydroxyl groups excluding tert-OH is 1. The Labute approximate surface area is 96.3 Å². The smallest absolute Gasteiger partial charge is 0.115 e. The molecule has 0 aliphatic carbocycles. The first-order valence-corrected chi connectivity index (χ1v) is 5.82. The van der Waals surface area contributed by atoms with Gasteiger partial charge in [-0.05, 0) is 44.1 Å². The van der Waals surface area contributed by atoms with Gasteiger partial charge in [-0.25, -0.2) is 0 Å². The van der Waals surface area contributed by atoms with E-state index in [-0.39, 0.29) is 11.7 Å². The summed E-state index contributed by atoms with van der Waals surface area (Å²) in [6.45, 7) is 2.04. The summed E-state index contributed by atoms with van der Waals surface area (Å²) in [5.74, 6) is 0.501. The van der Waals surface area contributed by atoms with Crippen LogP contribution in [-0.4, -0.2) is 35.3 Å². The van der Waals surface area contributed by atoms with E-state index in [1.165, 1.54) is 0 Å². The van der Waals surface area contributed by atoms with Gasteiger partial charge in [-0.2, -0.15) is 0 Å². The summed E-state index contributed by atoms with van der Waals surface area (Å²) in [6, 6.07) is 6.93. The molecule has 0 radical (unpaired) electrons. The first-order valence-electron chi connectivity index (χ1n) is 5.82. The summed E-state index contributed by atoms with van der Waals surface area (Å²) >= 11 is 0. The third-order valence-electron chi connectivity index (χ3n) is 3.32. The van der Waals surface area contributed by atoms with Crippen LogP contribution in [0, 0.1) is 5.92 Å². The normalized spacial score (nSPS) is 24.2. The maximum Gasteiger partial charge on any atom is 0.115 e. The van der Waals surface area contributed by atoms with Crippen molar-refractivity contribution in [2.75, 3.05) is 20.1 Å². The molecule has 0 amide bonds. The molecule has 2 rings (SSSR count). The van der Waals surface area contributed by atoms with Crippen molar-refractivity contribution in [2.24, 2.45) is 5.92 Å². The van der Waals surface area contributed by atoms with Crippen LogP contribution in [0.5, 0.6) is 5.75 Å². The topological polar surface area (TPSA) is 43.7 Å². The molecule has 2 atom stereocenters. The molecule has 2 unspecified atom stereocenters. The maximum absolute atomic E-state index is 10.2. The molecule has 3 nitrogen and oxygen atoms in total. The molecular weight excluding hydrogens is 202 g/mol. The van der Waals surface area contributed by atoms with Gasteiger partial charge in [0.2, 0.25) is 0 Å². The van der Waals surface area contributed by atoms with Crippen LogP contribution in [-0.2, 0) is 0 Å². The second-order valence-corrected chi connectivity index (χ2v) is 4.70. The van der Waals surface area contributed by atoms with Crippen LogP contribution in [0.3, 0.4) is 0 Å². The van der Waals surface area contributed by atoms with E-state index < -0.39 is 6.10 Å². The van der Waals surface area contributed by atoms with Gasteiger partial charge >= 0.3 is 0 Å². The lowest BCUT2D eigenvalue weighted by atomic mass is 9.89. The standard InChI is InChI=1S/C13H19NO2/c1-14-7-3-5-11(9-14)13(16)10-4-2-6-12(15)8-10/h2,4,6,8,11,13,15-16H,3,5,7,9H2,1H3. The van der Waals surface area contributed by atoms with Crippen LogP contribution in [0.15, 0.2) is 24.3 Å². The van der Waals surface area contributed by atoms with Crippen LogP contribution >= 0.6 is 0 Å². The van der Waals surface area contributed by atoms with Crippen LogP contribution in [0.25, 0.3) is 0 Å². The summed E-state index contributed by atoms with van der Waals surface area (Å²) in [7, 11) is 2.08. The number of piperidine rings is 1. The van der Waals surface area contributed by atoms with E-state index in [0.29, 0.717) is 0 Å². The van der Waals surface area contributed by atoms with E-state index in [4.69, 9.17) is 0 Å². The number of aromatic hydroxyl groups is 1. The average Bonchev–Trinajstić information content (AvgIpc) is 2.28. The van der Waals surface area contributed by atoms with Crippen LogP contribution in [0.1, 0.15) is 24.5 Å². The molecule has 16 heavy (non-hydrogen) atoms. The van der Waals surface area contributed by atoms with Crippen molar-refractivity contribution in [3.63, 3.8) is 0 Å². The number of nitrogens with zero attached hydrogens (tertiary/aromatic N) is 1.